The minimum Gasteiger partial charge on any atom is -0.491 e. The van der Waals surface area contributed by atoms with E-state index < -0.39 is 0 Å². The van der Waals surface area contributed by atoms with E-state index in [0.29, 0.717) is 35.7 Å². The maximum Gasteiger partial charge on any atom is 0.326 e. The number of benzene rings is 1. The van der Waals surface area contributed by atoms with Gasteiger partial charge in [-0.05, 0) is 56.1 Å². The number of hydrogen-bond acceptors (Lipinski definition) is 6. The molecule has 131 valence electrons. The van der Waals surface area contributed by atoms with Gasteiger partial charge in [-0.3, -0.25) is 5.41 Å². The van der Waals surface area contributed by atoms with Gasteiger partial charge in [0.15, 0.2) is 0 Å². The molecule has 0 aliphatic heterocycles. The number of nitrogens with one attached hydrogen (secondary N) is 2. The Kier molecular flexibility index (Phi) is 6.83. The van der Waals surface area contributed by atoms with Crippen molar-refractivity contribution in [2.24, 2.45) is 0 Å². The lowest BCUT2D eigenvalue weighted by Gasteiger charge is -2.15. The minimum atomic E-state index is 0.0452. The largest absolute Gasteiger partial charge is 0.491 e. The Morgan fingerprint density at radius 1 is 1.36 bits per heavy atom. The third-order valence-electron chi connectivity index (χ3n) is 3.31. The summed E-state index contributed by atoms with van der Waals surface area (Å²) in [5.41, 5.74) is 2.20. The molecule has 1 aromatic carbocycles. The molecule has 0 unspecified atom stereocenters. The van der Waals surface area contributed by atoms with E-state index in [4.69, 9.17) is 14.9 Å². The summed E-state index contributed by atoms with van der Waals surface area (Å²) in [7, 11) is 1.05. The zero-order chi connectivity index (χ0) is 18.2. The van der Waals surface area contributed by atoms with E-state index in [9.17, 15) is 5.02 Å². The Morgan fingerprint density at radius 3 is 2.84 bits per heavy atom. The third kappa shape index (κ3) is 5.50. The molecule has 0 aliphatic carbocycles. The first-order valence-electron chi connectivity index (χ1n) is 8.22. The molecule has 0 saturated heterocycles. The van der Waals surface area contributed by atoms with Crippen molar-refractivity contribution in [3.63, 3.8) is 0 Å². The number of nitrogens with zero attached hydrogens (tertiary/aromatic N) is 1. The Morgan fingerprint density at radius 2 is 2.16 bits per heavy atom. The van der Waals surface area contributed by atoms with Gasteiger partial charge in [-0.1, -0.05) is 6.07 Å². The SMILES string of the molecule is CCOC(=N)c1cccnc1NCc1cc([B]O)cc(OC(C)C)c1. The maximum absolute atomic E-state index is 9.32. The molecular weight excluding hydrogens is 317 g/mol. The van der Waals surface area contributed by atoms with E-state index in [0.717, 1.165) is 13.0 Å². The van der Waals surface area contributed by atoms with E-state index in [1.165, 1.54) is 0 Å². The molecule has 25 heavy (non-hydrogen) atoms. The van der Waals surface area contributed by atoms with Gasteiger partial charge < -0.3 is 19.8 Å². The highest BCUT2D eigenvalue weighted by atomic mass is 16.5. The summed E-state index contributed by atoms with van der Waals surface area (Å²) < 4.78 is 11.0. The number of pyridine rings is 1. The zero-order valence-corrected chi connectivity index (χ0v) is 14.7. The Labute approximate surface area is 149 Å². The molecule has 0 amide bonds. The summed E-state index contributed by atoms with van der Waals surface area (Å²) in [6.07, 6.45) is 1.71. The van der Waals surface area contributed by atoms with Crippen molar-refractivity contribution in [2.45, 2.75) is 33.4 Å². The first-order chi connectivity index (χ1) is 12.0. The zero-order valence-electron chi connectivity index (χ0n) is 14.7. The van der Waals surface area contributed by atoms with Crippen LogP contribution in [0.5, 0.6) is 5.75 Å². The summed E-state index contributed by atoms with van der Waals surface area (Å²) in [6, 6.07) is 9.11. The number of hydrogen-bond donors (Lipinski definition) is 3. The van der Waals surface area contributed by atoms with Gasteiger partial charge in [-0.25, -0.2) is 4.98 Å². The monoisotopic (exact) mass is 340 g/mol. The average Bonchev–Trinajstić information content (AvgIpc) is 2.59. The standard InChI is InChI=1S/C18H23BN3O3/c1-4-24-17(20)16-6-5-7-21-18(16)22-11-13-8-14(19-23)10-15(9-13)25-12(2)3/h5-10,12,20,23H,4,11H2,1-3H3,(H,21,22). The van der Waals surface area contributed by atoms with Crippen LogP contribution in [0.15, 0.2) is 36.5 Å². The van der Waals surface area contributed by atoms with Gasteiger partial charge in [0.1, 0.15) is 11.6 Å². The van der Waals surface area contributed by atoms with Gasteiger partial charge in [0.25, 0.3) is 0 Å². The molecule has 7 heteroatoms. The van der Waals surface area contributed by atoms with Gasteiger partial charge in [0.05, 0.1) is 18.3 Å². The van der Waals surface area contributed by atoms with Gasteiger partial charge in [-0.15, -0.1) is 0 Å². The predicted octanol–water partition coefficient (Wildman–Crippen LogP) is 2.08. The van der Waals surface area contributed by atoms with E-state index >= 15 is 0 Å². The first-order valence-corrected chi connectivity index (χ1v) is 8.22. The van der Waals surface area contributed by atoms with Crippen molar-refractivity contribution in [1.29, 1.82) is 5.41 Å². The normalized spacial score (nSPS) is 10.4. The van der Waals surface area contributed by atoms with Crippen LogP contribution in [0.25, 0.3) is 0 Å². The van der Waals surface area contributed by atoms with E-state index in [-0.39, 0.29) is 12.0 Å². The van der Waals surface area contributed by atoms with Crippen LogP contribution in [0.4, 0.5) is 5.82 Å². The Balaban J connectivity index is 2.17. The molecule has 1 radical (unpaired) electrons. The third-order valence-corrected chi connectivity index (χ3v) is 3.31. The second-order valence-corrected chi connectivity index (χ2v) is 5.72. The van der Waals surface area contributed by atoms with E-state index in [1.54, 1.807) is 24.4 Å². The highest BCUT2D eigenvalue weighted by molar-refractivity contribution is 6.45. The molecule has 6 nitrogen and oxygen atoms in total. The molecule has 0 aliphatic rings. The van der Waals surface area contributed by atoms with E-state index in [2.05, 4.69) is 10.3 Å². The lowest BCUT2D eigenvalue weighted by Crippen LogP contribution is -2.17. The molecule has 0 bridgehead atoms. The minimum absolute atomic E-state index is 0.0452. The maximum atomic E-state index is 9.32. The molecule has 2 aromatic rings. The summed E-state index contributed by atoms with van der Waals surface area (Å²) >= 11 is 0. The van der Waals surface area contributed by atoms with Gasteiger partial charge in [0.2, 0.25) is 5.90 Å². The molecule has 1 heterocycles. The predicted molar refractivity (Wildman–Crippen MR) is 99.8 cm³/mol. The summed E-state index contributed by atoms with van der Waals surface area (Å²) in [6.45, 7) is 6.64. The highest BCUT2D eigenvalue weighted by Gasteiger charge is 2.10. The molecule has 0 atom stereocenters. The molecule has 2 rings (SSSR count). The van der Waals surface area contributed by atoms with E-state index in [1.807, 2.05) is 32.9 Å². The number of anilines is 1. The molecule has 0 spiro atoms. The summed E-state index contributed by atoms with van der Waals surface area (Å²) in [5, 5.41) is 20.5. The summed E-state index contributed by atoms with van der Waals surface area (Å²) in [4.78, 5) is 4.29. The van der Waals surface area contributed by atoms with Gasteiger partial charge in [-0.2, -0.15) is 0 Å². The van der Waals surface area contributed by atoms with Crippen LogP contribution in [0.3, 0.4) is 0 Å². The van der Waals surface area contributed by atoms with Crippen LogP contribution in [-0.2, 0) is 11.3 Å². The van der Waals surface area contributed by atoms with Crippen molar-refractivity contribution >= 4 is 24.7 Å². The van der Waals surface area contributed by atoms with Crippen LogP contribution >= 0.6 is 0 Å². The lowest BCUT2D eigenvalue weighted by molar-refractivity contribution is 0.242. The van der Waals surface area contributed by atoms with Crippen molar-refractivity contribution in [3.05, 3.63) is 47.7 Å². The fourth-order valence-electron chi connectivity index (χ4n) is 2.34. The molecule has 0 saturated carbocycles. The van der Waals surface area contributed by atoms with Gasteiger partial charge >= 0.3 is 7.48 Å². The molecule has 3 N–H and O–H groups in total. The number of ether oxygens (including phenoxy) is 2. The Hall–Kier alpha value is -2.54. The lowest BCUT2D eigenvalue weighted by atomic mass is 9.87. The Bertz CT molecular complexity index is 722. The van der Waals surface area contributed by atoms with Crippen molar-refractivity contribution in [3.8, 4) is 5.75 Å². The number of aromatic nitrogens is 1. The second-order valence-electron chi connectivity index (χ2n) is 5.72. The topological polar surface area (TPSA) is 87.5 Å². The summed E-state index contributed by atoms with van der Waals surface area (Å²) in [5.74, 6) is 1.35. The van der Waals surface area contributed by atoms with Crippen molar-refractivity contribution in [2.75, 3.05) is 11.9 Å². The fourth-order valence-corrected chi connectivity index (χ4v) is 2.34. The number of rotatable bonds is 8. The molecule has 0 fully saturated rings. The van der Waals surface area contributed by atoms with Gasteiger partial charge in [0, 0.05) is 12.7 Å². The average molecular weight is 340 g/mol. The fraction of sp³-hybridized carbons (Fsp3) is 0.333. The van der Waals surface area contributed by atoms with Crippen molar-refractivity contribution < 1.29 is 14.5 Å². The van der Waals surface area contributed by atoms with Crippen LogP contribution in [-0.4, -0.2) is 36.1 Å². The van der Waals surface area contributed by atoms with Crippen LogP contribution < -0.4 is 15.5 Å². The smallest absolute Gasteiger partial charge is 0.326 e. The van der Waals surface area contributed by atoms with Crippen LogP contribution in [0, 0.1) is 5.41 Å². The molecular formula is C18H23BN3O3. The molecule has 1 aromatic heterocycles. The van der Waals surface area contributed by atoms with Crippen molar-refractivity contribution in [1.82, 2.24) is 4.98 Å². The highest BCUT2D eigenvalue weighted by Crippen LogP contribution is 2.17. The quantitative estimate of drug-likeness (QED) is 0.389. The second kappa shape index (κ2) is 9.08. The van der Waals surface area contributed by atoms with Crippen LogP contribution in [0.2, 0.25) is 0 Å². The first kappa shape index (κ1) is 18.8. The van der Waals surface area contributed by atoms with Crippen LogP contribution in [0.1, 0.15) is 31.9 Å².